The van der Waals surface area contributed by atoms with Crippen LogP contribution in [-0.4, -0.2) is 92.0 Å². The Morgan fingerprint density at radius 1 is 0.921 bits per heavy atom. The van der Waals surface area contributed by atoms with Gasteiger partial charge in [-0.2, -0.15) is 4.99 Å². The molecule has 0 radical (unpaired) electrons. The molecule has 2 aromatic carbocycles. The minimum Gasteiger partial charge on any atom is -0.378 e. The molecule has 10 heteroatoms. The zero-order valence-corrected chi connectivity index (χ0v) is 21.3. The summed E-state index contributed by atoms with van der Waals surface area (Å²) in [5.41, 5.74) is 2.93. The Labute approximate surface area is 221 Å². The number of nitrogens with one attached hydrogen (secondary N) is 2. The van der Waals surface area contributed by atoms with Gasteiger partial charge in [-0.05, 0) is 49.6 Å². The second kappa shape index (κ2) is 10.5. The van der Waals surface area contributed by atoms with Crippen LogP contribution in [-0.2, 0) is 4.74 Å². The molecule has 0 aromatic heterocycles. The van der Waals surface area contributed by atoms with E-state index < -0.39 is 5.91 Å². The fourth-order valence-corrected chi connectivity index (χ4v) is 5.43. The molecule has 4 aliphatic rings. The van der Waals surface area contributed by atoms with Crippen molar-refractivity contribution < 1.29 is 19.1 Å². The lowest BCUT2D eigenvalue weighted by Crippen LogP contribution is -2.57. The average molecular weight is 517 g/mol. The van der Waals surface area contributed by atoms with E-state index in [0.717, 1.165) is 56.9 Å². The summed E-state index contributed by atoms with van der Waals surface area (Å²) in [6.07, 6.45) is 2.54. The monoisotopic (exact) mass is 516 g/mol. The van der Waals surface area contributed by atoms with E-state index in [1.165, 1.54) is 0 Å². The molecule has 38 heavy (non-hydrogen) atoms. The highest BCUT2D eigenvalue weighted by Gasteiger charge is 2.34. The van der Waals surface area contributed by atoms with E-state index in [-0.39, 0.29) is 11.8 Å². The predicted molar refractivity (Wildman–Crippen MR) is 144 cm³/mol. The summed E-state index contributed by atoms with van der Waals surface area (Å²) in [4.78, 5) is 50.1. The first-order valence-corrected chi connectivity index (χ1v) is 13.4. The van der Waals surface area contributed by atoms with E-state index in [2.05, 4.69) is 20.5 Å². The van der Waals surface area contributed by atoms with Crippen molar-refractivity contribution in [2.24, 2.45) is 4.99 Å². The third kappa shape index (κ3) is 4.77. The Hall–Kier alpha value is -3.76. The maximum absolute atomic E-state index is 13.7. The van der Waals surface area contributed by atoms with Gasteiger partial charge in [-0.3, -0.25) is 19.3 Å². The van der Waals surface area contributed by atoms with Crippen molar-refractivity contribution in [2.75, 3.05) is 62.7 Å². The van der Waals surface area contributed by atoms with Crippen LogP contribution in [0.1, 0.15) is 50.3 Å². The van der Waals surface area contributed by atoms with Gasteiger partial charge < -0.3 is 25.2 Å². The first kappa shape index (κ1) is 24.6. The third-order valence-corrected chi connectivity index (χ3v) is 7.70. The quantitative estimate of drug-likeness (QED) is 0.630. The maximum Gasteiger partial charge on any atom is 0.280 e. The molecule has 0 saturated carbocycles. The van der Waals surface area contributed by atoms with Crippen molar-refractivity contribution in [2.45, 2.75) is 25.3 Å². The van der Waals surface area contributed by atoms with Crippen LogP contribution in [0.25, 0.3) is 0 Å². The number of ether oxygens (including phenoxy) is 1. The van der Waals surface area contributed by atoms with Gasteiger partial charge in [0.15, 0.2) is 0 Å². The number of rotatable bonds is 2. The standard InChI is InChI=1S/C28H32N6O4/c35-25-19-6-4-7-20(16-19)26(36)31-28-30-23-9-5-8-22(24(23)34(28)11-3-1-2-10-29-25)27(37)33-14-12-32(13-15-33)21-17-38-18-21/h4-9,16,21H,1-3,10-15,17-18H2,(H,29,35)(H,30,31,36). The number of amides is 3. The second-order valence-electron chi connectivity index (χ2n) is 10.1. The van der Waals surface area contributed by atoms with Crippen LogP contribution in [0, 0.1) is 0 Å². The molecule has 0 spiro atoms. The van der Waals surface area contributed by atoms with Gasteiger partial charge in [0.25, 0.3) is 17.7 Å². The van der Waals surface area contributed by atoms with Gasteiger partial charge in [-0.25, -0.2) is 0 Å². The fraction of sp³-hybridized carbons (Fsp3) is 0.429. The molecular formula is C28H32N6O4. The molecule has 198 valence electrons. The zero-order chi connectivity index (χ0) is 26.1. The van der Waals surface area contributed by atoms with Gasteiger partial charge in [0.1, 0.15) is 0 Å². The molecule has 0 aliphatic carbocycles. The summed E-state index contributed by atoms with van der Waals surface area (Å²) in [7, 11) is 0. The molecule has 10 nitrogen and oxygen atoms in total. The molecule has 2 fully saturated rings. The van der Waals surface area contributed by atoms with Crippen LogP contribution in [0.3, 0.4) is 0 Å². The fourth-order valence-electron chi connectivity index (χ4n) is 5.43. The van der Waals surface area contributed by atoms with E-state index in [0.29, 0.717) is 54.9 Å². The Morgan fingerprint density at radius 3 is 2.50 bits per heavy atom. The lowest BCUT2D eigenvalue weighted by molar-refractivity contribution is -0.0746. The Kier molecular flexibility index (Phi) is 6.82. The number of nitrogens with zero attached hydrogens (tertiary/aromatic N) is 4. The summed E-state index contributed by atoms with van der Waals surface area (Å²) in [6.45, 7) is 5.74. The van der Waals surface area contributed by atoms with E-state index in [9.17, 15) is 14.4 Å². The van der Waals surface area contributed by atoms with Crippen LogP contribution in [0.2, 0.25) is 0 Å². The smallest absolute Gasteiger partial charge is 0.280 e. The number of benzene rings is 2. The van der Waals surface area contributed by atoms with Gasteiger partial charge in [-0.15, -0.1) is 0 Å². The zero-order valence-electron chi connectivity index (χ0n) is 21.3. The Bertz CT molecular complexity index is 1280. The van der Waals surface area contributed by atoms with E-state index >= 15 is 0 Å². The number of anilines is 2. The third-order valence-electron chi connectivity index (χ3n) is 7.70. The molecule has 2 aromatic rings. The number of guanidine groups is 1. The van der Waals surface area contributed by atoms with Gasteiger partial charge in [0.2, 0.25) is 5.96 Å². The second-order valence-corrected chi connectivity index (χ2v) is 10.1. The van der Waals surface area contributed by atoms with Crippen LogP contribution >= 0.6 is 0 Å². The summed E-state index contributed by atoms with van der Waals surface area (Å²) in [6, 6.07) is 12.7. The van der Waals surface area contributed by atoms with Gasteiger partial charge in [-0.1, -0.05) is 12.1 Å². The van der Waals surface area contributed by atoms with Gasteiger partial charge in [0.05, 0.1) is 36.2 Å². The van der Waals surface area contributed by atoms with Crippen LogP contribution in [0.5, 0.6) is 0 Å². The first-order valence-electron chi connectivity index (χ1n) is 13.4. The van der Waals surface area contributed by atoms with Crippen molar-refractivity contribution in [1.82, 2.24) is 15.1 Å². The molecule has 4 aliphatic heterocycles. The molecule has 2 N–H and O–H groups in total. The molecule has 4 heterocycles. The van der Waals surface area contributed by atoms with Crippen molar-refractivity contribution in [3.05, 3.63) is 59.2 Å². The summed E-state index contributed by atoms with van der Waals surface area (Å²) in [5, 5.41) is 6.21. The lowest BCUT2D eigenvalue weighted by Gasteiger charge is -2.42. The van der Waals surface area contributed by atoms with Crippen LogP contribution < -0.4 is 15.5 Å². The first-order chi connectivity index (χ1) is 18.6. The van der Waals surface area contributed by atoms with Gasteiger partial charge in [0, 0.05) is 50.4 Å². The number of para-hydroxylation sites is 1. The Balaban J connectivity index is 1.28. The maximum atomic E-state index is 13.7. The van der Waals surface area contributed by atoms with E-state index in [1.54, 1.807) is 24.3 Å². The van der Waals surface area contributed by atoms with Crippen molar-refractivity contribution in [3.8, 4) is 0 Å². The largest absolute Gasteiger partial charge is 0.378 e. The minimum atomic E-state index is -0.444. The molecular weight excluding hydrogens is 484 g/mol. The number of carbonyl (C=O) groups is 3. The number of aliphatic imine (C=N–C) groups is 1. The van der Waals surface area contributed by atoms with Crippen molar-refractivity contribution >= 4 is 35.1 Å². The molecule has 2 saturated heterocycles. The number of fused-ring (bicyclic) bond motifs is 5. The normalized spacial score (nSPS) is 22.3. The summed E-state index contributed by atoms with van der Waals surface area (Å²) < 4.78 is 5.33. The highest BCUT2D eigenvalue weighted by atomic mass is 16.5. The summed E-state index contributed by atoms with van der Waals surface area (Å²) >= 11 is 0. The molecule has 2 bridgehead atoms. The van der Waals surface area contributed by atoms with Crippen LogP contribution in [0.4, 0.5) is 11.4 Å². The van der Waals surface area contributed by atoms with Gasteiger partial charge >= 0.3 is 0 Å². The summed E-state index contributed by atoms with van der Waals surface area (Å²) in [5.74, 6) is -0.231. The number of piperazine rings is 1. The number of hydrogen-bond acceptors (Lipinski definition) is 7. The highest BCUT2D eigenvalue weighted by Crippen LogP contribution is 2.37. The van der Waals surface area contributed by atoms with Crippen molar-refractivity contribution in [1.29, 1.82) is 0 Å². The molecule has 0 unspecified atom stereocenters. The van der Waals surface area contributed by atoms with E-state index in [1.807, 2.05) is 28.0 Å². The number of hydrogen-bond donors (Lipinski definition) is 2. The number of carbonyl (C=O) groups excluding carboxylic acids is 3. The molecule has 3 amide bonds. The highest BCUT2D eigenvalue weighted by molar-refractivity contribution is 6.22. The van der Waals surface area contributed by atoms with E-state index in [4.69, 9.17) is 4.74 Å². The SMILES string of the molecule is O=C1/N=C2\Nc3cccc(C(=O)N4CCN(C5COC5)CC4)c3N2CCCCCNC(=O)c2cccc1c2. The molecule has 6 rings (SSSR count). The minimum absolute atomic E-state index is 0.00412. The Morgan fingerprint density at radius 2 is 1.71 bits per heavy atom. The average Bonchev–Trinajstić information content (AvgIpc) is 3.26. The molecule has 0 atom stereocenters. The van der Waals surface area contributed by atoms with Crippen LogP contribution in [0.15, 0.2) is 47.5 Å². The lowest BCUT2D eigenvalue weighted by atomic mass is 10.1. The topological polar surface area (TPSA) is 107 Å². The predicted octanol–water partition coefficient (Wildman–Crippen LogP) is 2.19. The van der Waals surface area contributed by atoms with Crippen molar-refractivity contribution in [3.63, 3.8) is 0 Å².